The zero-order chi connectivity index (χ0) is 15.4. The first kappa shape index (κ1) is 15.2. The summed E-state index contributed by atoms with van der Waals surface area (Å²) in [5.41, 5.74) is -0.140. The predicted molar refractivity (Wildman–Crippen MR) is 88.1 cm³/mol. The smallest absolute Gasteiger partial charge is 0.262 e. The number of amides is 1. The van der Waals surface area contributed by atoms with Gasteiger partial charge in [-0.1, -0.05) is 32.1 Å². The third-order valence-corrected chi connectivity index (χ3v) is 5.06. The Bertz CT molecular complexity index is 699. The quantitative estimate of drug-likeness (QED) is 0.946. The zero-order valence-corrected chi connectivity index (χ0v) is 13.4. The van der Waals surface area contributed by atoms with Crippen molar-refractivity contribution in [3.05, 3.63) is 28.1 Å². The molecule has 22 heavy (non-hydrogen) atoms. The Morgan fingerprint density at radius 1 is 1.27 bits per heavy atom. The molecule has 5 nitrogen and oxygen atoms in total. The molecule has 2 aromatic heterocycles. The van der Waals surface area contributed by atoms with Crippen LogP contribution in [0.3, 0.4) is 0 Å². The second-order valence-corrected chi connectivity index (χ2v) is 6.82. The van der Waals surface area contributed by atoms with Gasteiger partial charge >= 0.3 is 0 Å². The van der Waals surface area contributed by atoms with Gasteiger partial charge in [-0.2, -0.15) is 0 Å². The largest absolute Gasteiger partial charge is 0.352 e. The number of hydrogen-bond acceptors (Lipinski definition) is 4. The van der Waals surface area contributed by atoms with Crippen molar-refractivity contribution in [2.75, 3.05) is 0 Å². The number of nitrogens with zero attached hydrogens (tertiary/aromatic N) is 2. The van der Waals surface area contributed by atoms with E-state index in [2.05, 4.69) is 10.3 Å². The van der Waals surface area contributed by atoms with E-state index in [1.807, 2.05) is 5.38 Å². The second-order valence-electron chi connectivity index (χ2n) is 5.93. The van der Waals surface area contributed by atoms with E-state index in [1.54, 1.807) is 6.07 Å². The molecule has 1 amide bonds. The first-order valence-corrected chi connectivity index (χ1v) is 8.84. The van der Waals surface area contributed by atoms with Crippen molar-refractivity contribution in [1.29, 1.82) is 0 Å². The minimum absolute atomic E-state index is 0.0497. The fraction of sp³-hybridized carbons (Fsp3) is 0.562. The maximum Gasteiger partial charge on any atom is 0.262 e. The molecule has 0 spiro atoms. The molecule has 0 saturated heterocycles. The molecule has 2 aromatic rings. The fourth-order valence-corrected chi connectivity index (χ4v) is 3.76. The van der Waals surface area contributed by atoms with Gasteiger partial charge < -0.3 is 5.32 Å². The van der Waals surface area contributed by atoms with Crippen molar-refractivity contribution in [3.63, 3.8) is 0 Å². The van der Waals surface area contributed by atoms with Crippen molar-refractivity contribution in [1.82, 2.24) is 14.9 Å². The molecule has 1 aliphatic carbocycles. The Balaban J connectivity index is 1.64. The number of aromatic nitrogens is 2. The highest BCUT2D eigenvalue weighted by Crippen LogP contribution is 2.17. The van der Waals surface area contributed by atoms with Crippen molar-refractivity contribution in [3.8, 4) is 0 Å². The summed E-state index contributed by atoms with van der Waals surface area (Å²) in [5, 5.41) is 5.51. The third kappa shape index (κ3) is 3.55. The molecular formula is C16H21N3O2S. The van der Waals surface area contributed by atoms with Crippen LogP contribution < -0.4 is 10.9 Å². The summed E-state index contributed by atoms with van der Waals surface area (Å²) in [7, 11) is 0. The maximum absolute atomic E-state index is 12.3. The average Bonchev–Trinajstić information content (AvgIpc) is 2.94. The summed E-state index contributed by atoms with van der Waals surface area (Å²) in [6.45, 7) is 0.0497. The highest BCUT2D eigenvalue weighted by atomic mass is 32.1. The van der Waals surface area contributed by atoms with Gasteiger partial charge in [-0.15, -0.1) is 11.3 Å². The number of carbonyl (C=O) groups excluding carboxylic acids is 1. The van der Waals surface area contributed by atoms with E-state index >= 15 is 0 Å². The van der Waals surface area contributed by atoms with E-state index in [1.165, 1.54) is 54.3 Å². The van der Waals surface area contributed by atoms with E-state index in [0.717, 1.165) is 17.7 Å². The molecule has 1 N–H and O–H groups in total. The lowest BCUT2D eigenvalue weighted by Crippen LogP contribution is -2.39. The van der Waals surface area contributed by atoms with Crippen molar-refractivity contribution in [2.45, 2.75) is 57.5 Å². The van der Waals surface area contributed by atoms with E-state index in [0.29, 0.717) is 5.39 Å². The van der Waals surface area contributed by atoms with Crippen LogP contribution in [0.2, 0.25) is 0 Å². The number of nitrogens with one attached hydrogen (secondary N) is 1. The van der Waals surface area contributed by atoms with Crippen LogP contribution in [0.25, 0.3) is 10.2 Å². The van der Waals surface area contributed by atoms with Gasteiger partial charge in [0.15, 0.2) is 0 Å². The standard InChI is InChI=1S/C16H21N3O2S/c20-14(18-12-6-4-2-1-3-5-7-12)10-19-11-17-15-13(16(19)21)8-9-22-15/h8-9,11-12H,1-7,10H2,(H,18,20). The number of thiophene rings is 1. The molecule has 118 valence electrons. The second kappa shape index (κ2) is 7.05. The van der Waals surface area contributed by atoms with E-state index in [4.69, 9.17) is 0 Å². The number of rotatable bonds is 3. The van der Waals surface area contributed by atoms with E-state index < -0.39 is 0 Å². The van der Waals surface area contributed by atoms with Gasteiger partial charge in [-0.25, -0.2) is 4.98 Å². The average molecular weight is 319 g/mol. The van der Waals surface area contributed by atoms with Crippen molar-refractivity contribution in [2.24, 2.45) is 0 Å². The zero-order valence-electron chi connectivity index (χ0n) is 12.6. The summed E-state index contributed by atoms with van der Waals surface area (Å²) < 4.78 is 1.40. The lowest BCUT2D eigenvalue weighted by Gasteiger charge is -2.21. The Morgan fingerprint density at radius 2 is 2.00 bits per heavy atom. The summed E-state index contributed by atoms with van der Waals surface area (Å²) in [6.07, 6.45) is 9.72. The van der Waals surface area contributed by atoms with Gasteiger partial charge in [0.1, 0.15) is 11.4 Å². The highest BCUT2D eigenvalue weighted by molar-refractivity contribution is 7.16. The molecule has 0 aliphatic heterocycles. The van der Waals surface area contributed by atoms with Crippen LogP contribution in [0.5, 0.6) is 0 Å². The Labute approximate surface area is 133 Å². The Hall–Kier alpha value is -1.69. The van der Waals surface area contributed by atoms with E-state index in [-0.39, 0.29) is 24.1 Å². The molecule has 0 atom stereocenters. The molecule has 0 aromatic carbocycles. The van der Waals surface area contributed by atoms with Crippen LogP contribution >= 0.6 is 11.3 Å². The molecule has 2 heterocycles. The van der Waals surface area contributed by atoms with Gasteiger partial charge in [0.25, 0.3) is 5.56 Å². The van der Waals surface area contributed by atoms with Gasteiger partial charge in [0.05, 0.1) is 11.7 Å². The molecular weight excluding hydrogens is 298 g/mol. The Morgan fingerprint density at radius 3 is 2.77 bits per heavy atom. The van der Waals surface area contributed by atoms with Crippen molar-refractivity contribution >= 4 is 27.5 Å². The molecule has 1 fully saturated rings. The Kier molecular flexibility index (Phi) is 4.87. The van der Waals surface area contributed by atoms with Gasteiger partial charge in [0.2, 0.25) is 5.91 Å². The molecule has 3 rings (SSSR count). The van der Waals surface area contributed by atoms with Gasteiger partial charge in [-0.3, -0.25) is 14.2 Å². The third-order valence-electron chi connectivity index (χ3n) is 4.23. The SMILES string of the molecule is O=C(Cn1cnc2sccc2c1=O)NC1CCCCCCC1. The first-order valence-electron chi connectivity index (χ1n) is 7.96. The summed E-state index contributed by atoms with van der Waals surface area (Å²) in [6, 6.07) is 2.01. The summed E-state index contributed by atoms with van der Waals surface area (Å²) >= 11 is 1.44. The van der Waals surface area contributed by atoms with Crippen LogP contribution in [-0.4, -0.2) is 21.5 Å². The monoisotopic (exact) mass is 319 g/mol. The molecule has 0 radical (unpaired) electrons. The molecule has 0 bridgehead atoms. The van der Waals surface area contributed by atoms with Gasteiger partial charge in [-0.05, 0) is 24.3 Å². The molecule has 0 unspecified atom stereocenters. The summed E-state index contributed by atoms with van der Waals surface area (Å²) in [4.78, 5) is 29.4. The van der Waals surface area contributed by atoms with Gasteiger partial charge in [0, 0.05) is 6.04 Å². The molecule has 1 saturated carbocycles. The number of carbonyl (C=O) groups is 1. The maximum atomic E-state index is 12.3. The normalized spacial score (nSPS) is 17.1. The van der Waals surface area contributed by atoms with Crippen LogP contribution in [0.15, 0.2) is 22.6 Å². The van der Waals surface area contributed by atoms with Crippen LogP contribution in [0, 0.1) is 0 Å². The fourth-order valence-electron chi connectivity index (χ4n) is 3.03. The topological polar surface area (TPSA) is 64.0 Å². The summed E-state index contributed by atoms with van der Waals surface area (Å²) in [5.74, 6) is -0.0935. The highest BCUT2D eigenvalue weighted by Gasteiger charge is 2.15. The number of fused-ring (bicyclic) bond motifs is 1. The van der Waals surface area contributed by atoms with E-state index in [9.17, 15) is 9.59 Å². The van der Waals surface area contributed by atoms with Crippen LogP contribution in [0.1, 0.15) is 44.9 Å². The minimum atomic E-state index is -0.140. The van der Waals surface area contributed by atoms with Crippen molar-refractivity contribution < 1.29 is 4.79 Å². The molecule has 1 aliphatic rings. The first-order chi connectivity index (χ1) is 10.7. The van der Waals surface area contributed by atoms with Crippen LogP contribution in [-0.2, 0) is 11.3 Å². The lowest BCUT2D eigenvalue weighted by molar-refractivity contribution is -0.122. The lowest BCUT2D eigenvalue weighted by atomic mass is 9.97. The molecule has 6 heteroatoms. The predicted octanol–water partition coefficient (Wildman–Crippen LogP) is 2.69. The van der Waals surface area contributed by atoms with Crippen LogP contribution in [0.4, 0.5) is 0 Å². The number of hydrogen-bond donors (Lipinski definition) is 1. The minimum Gasteiger partial charge on any atom is -0.352 e.